The molecule has 0 aliphatic heterocycles. The molecule has 0 aliphatic rings. The zero-order valence-corrected chi connectivity index (χ0v) is 15.0. The molecule has 0 amide bonds. The normalized spacial score (nSPS) is 14.8. The van der Waals surface area contributed by atoms with Crippen LogP contribution in [0.3, 0.4) is 0 Å². The van der Waals surface area contributed by atoms with Gasteiger partial charge in [0, 0.05) is 26.7 Å². The van der Waals surface area contributed by atoms with Crippen molar-refractivity contribution in [3.8, 4) is 0 Å². The highest BCUT2D eigenvalue weighted by molar-refractivity contribution is 6.08. The predicted octanol–water partition coefficient (Wildman–Crippen LogP) is 7.03. The van der Waals surface area contributed by atoms with Gasteiger partial charge in [0.05, 0.1) is 0 Å². The number of fused-ring (bicyclic) bond motifs is 3. The van der Waals surface area contributed by atoms with Gasteiger partial charge < -0.3 is 9.83 Å². The fourth-order valence-corrected chi connectivity index (χ4v) is 3.35. The van der Waals surface area contributed by atoms with Crippen molar-refractivity contribution in [3.05, 3.63) is 95.6 Å². The van der Waals surface area contributed by atoms with Crippen molar-refractivity contribution < 1.29 is 8.53 Å². The molecular formula is C25H21NO. The number of aryl methyl sites for hydroxylation is 1. The number of hydrogen-bond donors (Lipinski definition) is 1. The molecule has 0 atom stereocenters. The third kappa shape index (κ3) is 3.22. The lowest BCUT2D eigenvalue weighted by Gasteiger charge is -2.07. The molecule has 1 aromatic heterocycles. The van der Waals surface area contributed by atoms with Crippen LogP contribution in [0, 0.1) is 12.3 Å². The van der Waals surface area contributed by atoms with Crippen LogP contribution in [0.5, 0.6) is 0 Å². The maximum Gasteiger partial charge on any atom is 0.142 e. The Morgan fingerprint density at radius 1 is 0.963 bits per heavy atom. The van der Waals surface area contributed by atoms with Gasteiger partial charge in [0.15, 0.2) is 0 Å². The molecule has 0 fully saturated rings. The summed E-state index contributed by atoms with van der Waals surface area (Å²) in [4.78, 5) is 0. The highest BCUT2D eigenvalue weighted by Gasteiger charge is 2.11. The van der Waals surface area contributed by atoms with Crippen LogP contribution in [0.2, 0.25) is 0 Å². The Morgan fingerprint density at radius 3 is 2.52 bits per heavy atom. The average Bonchev–Trinajstić information content (AvgIpc) is 3.11. The Labute approximate surface area is 163 Å². The van der Waals surface area contributed by atoms with Gasteiger partial charge >= 0.3 is 0 Å². The van der Waals surface area contributed by atoms with E-state index >= 15 is 0 Å². The fraction of sp³-hybridized carbons (Fsp3) is 0.0800. The van der Waals surface area contributed by atoms with Crippen LogP contribution >= 0.6 is 0 Å². The van der Waals surface area contributed by atoms with Crippen LogP contribution in [0.1, 0.15) is 27.7 Å². The summed E-state index contributed by atoms with van der Waals surface area (Å²) >= 11 is 0. The lowest BCUT2D eigenvalue weighted by atomic mass is 9.97. The Kier molecular flexibility index (Phi) is 3.61. The van der Waals surface area contributed by atoms with Gasteiger partial charge in [0.25, 0.3) is 0 Å². The van der Waals surface area contributed by atoms with E-state index in [4.69, 9.17) is 13.9 Å². The zero-order valence-electron chi connectivity index (χ0n) is 18.0. The van der Waals surface area contributed by atoms with Crippen LogP contribution in [-0.2, 0) is 0 Å². The lowest BCUT2D eigenvalue weighted by molar-refractivity contribution is 0.667. The second kappa shape index (κ2) is 7.08. The highest BCUT2D eigenvalue weighted by Crippen LogP contribution is 2.34. The molecule has 132 valence electrons. The standard InChI is InChI=1S/C25H21NO/c1-17-10-12-19(13-11-17)20(14-15-26)16-18(2)21-7-5-8-23-22-6-3-4-9-24(22)27-25(21)23/h3-16,26H,1-2H3/b18-16+,20-14+,26-15?/i1D3. The van der Waals surface area contributed by atoms with E-state index in [1.807, 2.05) is 43.3 Å². The van der Waals surface area contributed by atoms with Gasteiger partial charge in [-0.1, -0.05) is 72.3 Å². The van der Waals surface area contributed by atoms with Crippen molar-refractivity contribution in [3.63, 3.8) is 0 Å². The third-order valence-electron chi connectivity index (χ3n) is 4.68. The van der Waals surface area contributed by atoms with Crippen molar-refractivity contribution >= 4 is 39.3 Å². The second-order valence-corrected chi connectivity index (χ2v) is 6.47. The van der Waals surface area contributed by atoms with Crippen molar-refractivity contribution in [2.24, 2.45) is 0 Å². The molecule has 2 nitrogen and oxygen atoms in total. The maximum absolute atomic E-state index is 7.54. The van der Waals surface area contributed by atoms with E-state index in [1.54, 1.807) is 30.3 Å². The van der Waals surface area contributed by atoms with Gasteiger partial charge in [0.1, 0.15) is 11.2 Å². The molecule has 3 aromatic carbocycles. The average molecular weight is 354 g/mol. The summed E-state index contributed by atoms with van der Waals surface area (Å²) in [6.07, 6.45) is 4.93. The molecule has 0 aliphatic carbocycles. The van der Waals surface area contributed by atoms with E-state index in [9.17, 15) is 0 Å². The van der Waals surface area contributed by atoms with Crippen LogP contribution in [0.25, 0.3) is 33.1 Å². The van der Waals surface area contributed by atoms with E-state index in [-0.39, 0.29) is 0 Å². The second-order valence-electron chi connectivity index (χ2n) is 6.47. The van der Waals surface area contributed by atoms with E-state index in [1.165, 1.54) is 6.21 Å². The summed E-state index contributed by atoms with van der Waals surface area (Å²) in [5.74, 6) is 0. The molecule has 0 spiro atoms. The molecule has 1 N–H and O–H groups in total. The number of rotatable bonds is 4. The number of furan rings is 1. The van der Waals surface area contributed by atoms with Crippen LogP contribution in [0.15, 0.2) is 83.3 Å². The molecule has 1 heterocycles. The number of allylic oxidation sites excluding steroid dienone is 4. The first kappa shape index (κ1) is 13.8. The van der Waals surface area contributed by atoms with Gasteiger partial charge in [-0.3, -0.25) is 0 Å². The van der Waals surface area contributed by atoms with Crippen molar-refractivity contribution in [2.75, 3.05) is 0 Å². The predicted molar refractivity (Wildman–Crippen MR) is 115 cm³/mol. The SMILES string of the molecule is [2H]C([2H])([2H])c1ccc(C(=C/C=N)/C=C(\C)c2cccc3c2oc2ccccc23)cc1. The van der Waals surface area contributed by atoms with Gasteiger partial charge in [-0.15, -0.1) is 0 Å². The van der Waals surface area contributed by atoms with Gasteiger partial charge in [-0.25, -0.2) is 0 Å². The largest absolute Gasteiger partial charge is 0.455 e. The summed E-state index contributed by atoms with van der Waals surface area (Å²) in [6.45, 7) is -0.122. The van der Waals surface area contributed by atoms with E-state index in [0.29, 0.717) is 5.56 Å². The number of hydrogen-bond acceptors (Lipinski definition) is 2. The van der Waals surface area contributed by atoms with Crippen molar-refractivity contribution in [1.82, 2.24) is 0 Å². The first-order chi connectivity index (χ1) is 14.4. The van der Waals surface area contributed by atoms with Gasteiger partial charge in [0.2, 0.25) is 0 Å². The molecule has 4 rings (SSSR count). The molecule has 0 unspecified atom stereocenters. The fourth-order valence-electron chi connectivity index (χ4n) is 3.35. The van der Waals surface area contributed by atoms with Crippen LogP contribution in [-0.4, -0.2) is 6.21 Å². The molecule has 2 heteroatoms. The van der Waals surface area contributed by atoms with Crippen molar-refractivity contribution in [2.45, 2.75) is 13.8 Å². The molecular weight excluding hydrogens is 330 g/mol. The number of benzene rings is 3. The summed E-state index contributed by atoms with van der Waals surface area (Å²) in [5, 5.41) is 9.68. The minimum absolute atomic E-state index is 0.299. The van der Waals surface area contributed by atoms with Crippen molar-refractivity contribution in [1.29, 1.82) is 5.41 Å². The van der Waals surface area contributed by atoms with E-state index < -0.39 is 6.85 Å². The number of nitrogens with one attached hydrogen (secondary N) is 1. The Balaban J connectivity index is 1.79. The topological polar surface area (TPSA) is 37.0 Å². The Bertz CT molecular complexity index is 1290. The summed E-state index contributed by atoms with van der Waals surface area (Å²) in [5.41, 5.74) is 5.64. The lowest BCUT2D eigenvalue weighted by Crippen LogP contribution is -1.86. The first-order valence-corrected chi connectivity index (χ1v) is 8.79. The van der Waals surface area contributed by atoms with E-state index in [0.717, 1.165) is 44.2 Å². The summed E-state index contributed by atoms with van der Waals surface area (Å²) < 4.78 is 28.8. The van der Waals surface area contributed by atoms with E-state index in [2.05, 4.69) is 12.1 Å². The number of para-hydroxylation sites is 2. The third-order valence-corrected chi connectivity index (χ3v) is 4.68. The van der Waals surface area contributed by atoms with Gasteiger partial charge in [-0.2, -0.15) is 0 Å². The minimum atomic E-state index is -2.13. The summed E-state index contributed by atoms with van der Waals surface area (Å²) in [7, 11) is 0. The van der Waals surface area contributed by atoms with Crippen LogP contribution < -0.4 is 0 Å². The molecule has 0 radical (unpaired) electrons. The Hall–Kier alpha value is -3.39. The molecule has 0 saturated heterocycles. The smallest absolute Gasteiger partial charge is 0.142 e. The quantitative estimate of drug-likeness (QED) is 0.310. The monoisotopic (exact) mass is 354 g/mol. The first-order valence-electron chi connectivity index (χ1n) is 10.3. The molecule has 0 bridgehead atoms. The molecule has 4 aromatic rings. The summed E-state index contributed by atoms with van der Waals surface area (Å²) in [6, 6.07) is 20.9. The highest BCUT2D eigenvalue weighted by atomic mass is 16.3. The minimum Gasteiger partial charge on any atom is -0.455 e. The van der Waals surface area contributed by atoms with Gasteiger partial charge in [-0.05, 0) is 42.6 Å². The zero-order chi connectivity index (χ0) is 21.3. The maximum atomic E-state index is 7.54. The molecule has 0 saturated carbocycles. The van der Waals surface area contributed by atoms with Crippen LogP contribution in [0.4, 0.5) is 0 Å². The Morgan fingerprint density at radius 2 is 1.74 bits per heavy atom. The molecule has 27 heavy (non-hydrogen) atoms.